The van der Waals surface area contributed by atoms with Crippen LogP contribution in [0.25, 0.3) is 11.2 Å². The van der Waals surface area contributed by atoms with E-state index in [2.05, 4.69) is 20.3 Å². The maximum Gasteiger partial charge on any atom is 0.350 e. The Morgan fingerprint density at radius 2 is 2.10 bits per heavy atom. The Hall–Kier alpha value is -1.37. The number of hydrogen-bond donors (Lipinski definition) is 5. The summed E-state index contributed by atoms with van der Waals surface area (Å²) in [5, 5.41) is 23.4. The predicted molar refractivity (Wildman–Crippen MR) is 105 cm³/mol. The van der Waals surface area contributed by atoms with Gasteiger partial charge in [-0.05, 0) is 30.9 Å². The molecule has 166 valence electrons. The van der Waals surface area contributed by atoms with Gasteiger partial charge in [-0.3, -0.25) is 9.13 Å². The molecule has 0 spiro atoms. The summed E-state index contributed by atoms with van der Waals surface area (Å²) >= 11 is 6.10. The molecule has 1 aliphatic carbocycles. The van der Waals surface area contributed by atoms with Gasteiger partial charge in [0.2, 0.25) is 5.28 Å². The molecule has 5 N–H and O–H groups in total. The molecule has 1 aliphatic heterocycles. The maximum absolute atomic E-state index is 10.9. The van der Waals surface area contributed by atoms with Crippen LogP contribution in [0.3, 0.4) is 0 Å². The molecule has 2 aromatic rings. The fourth-order valence-electron chi connectivity index (χ4n) is 3.85. The highest BCUT2D eigenvalue weighted by Crippen LogP contribution is 2.36. The second-order valence-corrected chi connectivity index (χ2v) is 9.52. The van der Waals surface area contributed by atoms with Crippen LogP contribution < -0.4 is 5.32 Å². The van der Waals surface area contributed by atoms with E-state index in [1.165, 1.54) is 6.33 Å². The molecule has 0 bridgehead atoms. The van der Waals surface area contributed by atoms with Crippen LogP contribution in [-0.2, 0) is 14.0 Å². The molecule has 0 aromatic carbocycles. The number of nitrogens with zero attached hydrogens (tertiary/aromatic N) is 4. The summed E-state index contributed by atoms with van der Waals surface area (Å²) in [4.78, 5) is 30.5. The Morgan fingerprint density at radius 3 is 2.80 bits per heavy atom. The fourth-order valence-corrected chi connectivity index (χ4v) is 4.36. The van der Waals surface area contributed by atoms with Crippen molar-refractivity contribution in [2.45, 2.75) is 56.3 Å². The molecule has 2 fully saturated rings. The van der Waals surface area contributed by atoms with Gasteiger partial charge in [-0.15, -0.1) is 0 Å². The molecule has 2 aliphatic rings. The van der Waals surface area contributed by atoms with Crippen LogP contribution in [0.15, 0.2) is 6.33 Å². The molecule has 3 unspecified atom stereocenters. The van der Waals surface area contributed by atoms with Gasteiger partial charge in [0, 0.05) is 12.5 Å². The van der Waals surface area contributed by atoms with Crippen molar-refractivity contribution in [3.8, 4) is 0 Å². The third kappa shape index (κ3) is 4.92. The van der Waals surface area contributed by atoms with Crippen molar-refractivity contribution in [1.29, 1.82) is 0 Å². The van der Waals surface area contributed by atoms with Crippen molar-refractivity contribution in [2.24, 2.45) is 0 Å². The Kier molecular flexibility index (Phi) is 6.29. The number of nitrogens with one attached hydrogen (secondary N) is 1. The van der Waals surface area contributed by atoms with Crippen LogP contribution in [0.4, 0.5) is 5.82 Å². The summed E-state index contributed by atoms with van der Waals surface area (Å²) in [5.74, 6) is 0.442. The van der Waals surface area contributed by atoms with Gasteiger partial charge >= 0.3 is 7.60 Å². The van der Waals surface area contributed by atoms with Gasteiger partial charge in [0.05, 0.1) is 25.1 Å². The zero-order valence-electron chi connectivity index (χ0n) is 15.8. The van der Waals surface area contributed by atoms with E-state index in [1.54, 1.807) is 4.57 Å². The maximum atomic E-state index is 10.9. The smallest absolute Gasteiger partial charge is 0.350 e. The van der Waals surface area contributed by atoms with Gasteiger partial charge in [0.25, 0.3) is 0 Å². The largest absolute Gasteiger partial charge is 0.393 e. The SMILES string of the molecule is O=P(O)(O)COC[C@@H]1C[C@@H](O)C(n2cnc3c(NC4CCC(O)C4)nc(Cl)nc32)O1. The number of aromatic nitrogens is 4. The highest BCUT2D eigenvalue weighted by Gasteiger charge is 2.37. The number of imidazole rings is 1. The van der Waals surface area contributed by atoms with Gasteiger partial charge in [0.15, 0.2) is 23.2 Å². The lowest BCUT2D eigenvalue weighted by atomic mass is 10.2. The summed E-state index contributed by atoms with van der Waals surface area (Å²) in [6.45, 7) is -0.0716. The molecule has 0 radical (unpaired) electrons. The van der Waals surface area contributed by atoms with Gasteiger partial charge in [-0.2, -0.15) is 9.97 Å². The van der Waals surface area contributed by atoms with Crippen molar-refractivity contribution in [3.63, 3.8) is 0 Å². The number of ether oxygens (including phenoxy) is 2. The minimum Gasteiger partial charge on any atom is -0.393 e. The van der Waals surface area contributed by atoms with Crippen LogP contribution >= 0.6 is 19.2 Å². The zero-order chi connectivity index (χ0) is 21.5. The summed E-state index contributed by atoms with van der Waals surface area (Å²) in [6, 6.07) is 0.0446. The molecule has 0 amide bonds. The predicted octanol–water partition coefficient (Wildman–Crippen LogP) is 0.605. The highest BCUT2D eigenvalue weighted by atomic mass is 35.5. The van der Waals surface area contributed by atoms with E-state index < -0.39 is 32.4 Å². The van der Waals surface area contributed by atoms with E-state index in [9.17, 15) is 14.8 Å². The highest BCUT2D eigenvalue weighted by molar-refractivity contribution is 7.51. The summed E-state index contributed by atoms with van der Waals surface area (Å²) < 4.78 is 23.2. The van der Waals surface area contributed by atoms with Crippen molar-refractivity contribution in [1.82, 2.24) is 19.5 Å². The van der Waals surface area contributed by atoms with Crippen LogP contribution in [0.2, 0.25) is 5.28 Å². The average Bonchev–Trinajstić information content (AvgIpc) is 3.33. The molecule has 12 nitrogen and oxygen atoms in total. The molecule has 2 aromatic heterocycles. The molecule has 4 rings (SSSR count). The molecule has 1 saturated heterocycles. The molecule has 5 atom stereocenters. The van der Waals surface area contributed by atoms with Crippen LogP contribution in [0.5, 0.6) is 0 Å². The third-order valence-electron chi connectivity index (χ3n) is 5.14. The number of aliphatic hydroxyl groups is 2. The molecule has 14 heteroatoms. The lowest BCUT2D eigenvalue weighted by molar-refractivity contribution is -0.0567. The molecule has 1 saturated carbocycles. The van der Waals surface area contributed by atoms with E-state index in [4.69, 9.17) is 30.9 Å². The standard InChI is InChI=1S/C16H23ClN5O7P/c17-16-20-13(19-8-1-2-9(23)3-8)12-14(21-16)22(6-18-12)15-11(24)4-10(29-15)5-28-7-30(25,26)27/h6,8-11,15,23-24H,1-5,7H2,(H,19,20,21)(H2,25,26,27)/t8?,9?,10-,11+,15?/m0/s1. The molecule has 30 heavy (non-hydrogen) atoms. The van der Waals surface area contributed by atoms with Crippen molar-refractivity contribution >= 4 is 36.2 Å². The van der Waals surface area contributed by atoms with Crippen LogP contribution in [0, 0.1) is 0 Å². The number of fused-ring (bicyclic) bond motifs is 1. The van der Waals surface area contributed by atoms with E-state index in [1.807, 2.05) is 0 Å². The van der Waals surface area contributed by atoms with Crippen molar-refractivity contribution in [3.05, 3.63) is 11.6 Å². The monoisotopic (exact) mass is 463 g/mol. The second-order valence-electron chi connectivity index (χ2n) is 7.59. The first-order valence-corrected chi connectivity index (χ1v) is 11.7. The molecular weight excluding hydrogens is 441 g/mol. The quantitative estimate of drug-likeness (QED) is 0.287. The lowest BCUT2D eigenvalue weighted by Crippen LogP contribution is -2.20. The number of halogens is 1. The first kappa shape index (κ1) is 21.8. The molecule has 3 heterocycles. The van der Waals surface area contributed by atoms with Gasteiger partial charge in [-0.1, -0.05) is 0 Å². The zero-order valence-corrected chi connectivity index (χ0v) is 17.5. The number of hydrogen-bond acceptors (Lipinski definition) is 9. The van der Waals surface area contributed by atoms with Crippen LogP contribution in [0.1, 0.15) is 31.9 Å². The van der Waals surface area contributed by atoms with Crippen molar-refractivity contribution in [2.75, 3.05) is 18.3 Å². The number of rotatable bonds is 7. The Balaban J connectivity index is 1.51. The van der Waals surface area contributed by atoms with Gasteiger partial charge < -0.3 is 34.8 Å². The van der Waals surface area contributed by atoms with E-state index in [-0.39, 0.29) is 30.5 Å². The minimum atomic E-state index is -4.27. The van der Waals surface area contributed by atoms with Gasteiger partial charge in [-0.25, -0.2) is 4.98 Å². The number of aliphatic hydroxyl groups excluding tert-OH is 2. The minimum absolute atomic E-state index is 0.000639. The average molecular weight is 464 g/mol. The summed E-state index contributed by atoms with van der Waals surface area (Å²) in [6.07, 6.45) is 0.468. The van der Waals surface area contributed by atoms with Gasteiger partial charge in [0.1, 0.15) is 12.5 Å². The fraction of sp³-hybridized carbons (Fsp3) is 0.688. The topological polar surface area (TPSA) is 172 Å². The molecular formula is C16H23ClN5O7P. The van der Waals surface area contributed by atoms with E-state index in [0.29, 0.717) is 29.8 Å². The van der Waals surface area contributed by atoms with E-state index in [0.717, 1.165) is 6.42 Å². The normalized spacial score (nSPS) is 29.7. The second kappa shape index (κ2) is 8.64. The first-order valence-electron chi connectivity index (χ1n) is 9.50. The Bertz CT molecular complexity index is 955. The van der Waals surface area contributed by atoms with E-state index >= 15 is 0 Å². The Labute approximate surface area is 176 Å². The Morgan fingerprint density at radius 1 is 1.30 bits per heavy atom. The third-order valence-corrected chi connectivity index (χ3v) is 5.83. The number of anilines is 1. The lowest BCUT2D eigenvalue weighted by Gasteiger charge is -2.18. The van der Waals surface area contributed by atoms with Crippen molar-refractivity contribution < 1.29 is 34.0 Å². The summed E-state index contributed by atoms with van der Waals surface area (Å²) in [7, 11) is -4.27. The summed E-state index contributed by atoms with van der Waals surface area (Å²) in [5.41, 5.74) is 0.828. The van der Waals surface area contributed by atoms with Crippen LogP contribution in [-0.4, -0.2) is 76.8 Å². The first-order chi connectivity index (χ1) is 14.2.